The molecule has 0 bridgehead atoms. The first-order valence-electron chi connectivity index (χ1n) is 7.18. The number of nitrogens with zero attached hydrogens (tertiary/aromatic N) is 2. The fourth-order valence-electron chi connectivity index (χ4n) is 1.91. The third-order valence-corrected chi connectivity index (χ3v) is 3.10. The summed E-state index contributed by atoms with van der Waals surface area (Å²) in [6.07, 6.45) is 3.39. The normalized spacial score (nSPS) is 11.5. The van der Waals surface area contributed by atoms with Crippen molar-refractivity contribution in [3.05, 3.63) is 36.0 Å². The molecule has 2 aromatic rings. The molecule has 0 fully saturated rings. The average Bonchev–Trinajstić information content (AvgIpc) is 2.94. The Labute approximate surface area is 141 Å². The van der Waals surface area contributed by atoms with Crippen molar-refractivity contribution in [1.29, 1.82) is 0 Å². The number of aromatic amines is 1. The van der Waals surface area contributed by atoms with E-state index in [1.807, 2.05) is 45.0 Å². The van der Waals surface area contributed by atoms with E-state index in [4.69, 9.17) is 17.0 Å². The Morgan fingerprint density at radius 3 is 2.61 bits per heavy atom. The molecule has 1 aromatic heterocycles. The summed E-state index contributed by atoms with van der Waals surface area (Å²) >= 11 is 5.18. The van der Waals surface area contributed by atoms with Gasteiger partial charge >= 0.3 is 0 Å². The van der Waals surface area contributed by atoms with Crippen LogP contribution in [-0.4, -0.2) is 34.2 Å². The van der Waals surface area contributed by atoms with Gasteiger partial charge in [-0.1, -0.05) is 0 Å². The first kappa shape index (κ1) is 17.0. The van der Waals surface area contributed by atoms with Crippen LogP contribution in [-0.2, 0) is 0 Å². The molecule has 0 unspecified atom stereocenters. The SMILES string of the molecule is COc1ccc(-c2[nH]ncc2/C=N/NC(=S)NC(C)(C)C)cc1. The number of hydrogen-bond donors (Lipinski definition) is 3. The smallest absolute Gasteiger partial charge is 0.187 e. The molecule has 0 amide bonds. The first-order chi connectivity index (χ1) is 10.9. The highest BCUT2D eigenvalue weighted by Gasteiger charge is 2.10. The Bertz CT molecular complexity index is 685. The average molecular weight is 331 g/mol. The minimum atomic E-state index is -0.108. The van der Waals surface area contributed by atoms with Crippen LogP contribution in [0.15, 0.2) is 35.6 Å². The maximum absolute atomic E-state index is 5.18. The van der Waals surface area contributed by atoms with Crippen LogP contribution in [0.3, 0.4) is 0 Å². The number of ether oxygens (including phenoxy) is 1. The second kappa shape index (κ2) is 7.23. The van der Waals surface area contributed by atoms with E-state index >= 15 is 0 Å². The van der Waals surface area contributed by atoms with Crippen molar-refractivity contribution >= 4 is 23.5 Å². The molecular weight excluding hydrogens is 310 g/mol. The van der Waals surface area contributed by atoms with Crippen molar-refractivity contribution < 1.29 is 4.74 Å². The van der Waals surface area contributed by atoms with Gasteiger partial charge in [-0.15, -0.1) is 0 Å². The molecule has 3 N–H and O–H groups in total. The Balaban J connectivity index is 2.06. The molecule has 1 heterocycles. The van der Waals surface area contributed by atoms with Crippen molar-refractivity contribution in [2.75, 3.05) is 7.11 Å². The fraction of sp³-hybridized carbons (Fsp3) is 0.312. The maximum atomic E-state index is 5.18. The third-order valence-electron chi connectivity index (χ3n) is 2.91. The van der Waals surface area contributed by atoms with Crippen LogP contribution in [0.5, 0.6) is 5.75 Å². The van der Waals surface area contributed by atoms with E-state index in [0.717, 1.165) is 22.6 Å². The molecule has 0 aliphatic carbocycles. The summed E-state index contributed by atoms with van der Waals surface area (Å²) in [6, 6.07) is 7.72. The van der Waals surface area contributed by atoms with Gasteiger partial charge in [0.25, 0.3) is 0 Å². The number of thiocarbonyl (C=S) groups is 1. The molecule has 7 heteroatoms. The predicted octanol–water partition coefficient (Wildman–Crippen LogP) is 2.68. The second-order valence-electron chi connectivity index (χ2n) is 6.00. The third kappa shape index (κ3) is 5.07. The molecular formula is C16H21N5OS. The Hall–Kier alpha value is -2.41. The van der Waals surface area contributed by atoms with E-state index in [9.17, 15) is 0 Å². The summed E-state index contributed by atoms with van der Waals surface area (Å²) in [5, 5.41) is 14.8. The van der Waals surface area contributed by atoms with Crippen LogP contribution in [0.2, 0.25) is 0 Å². The van der Waals surface area contributed by atoms with Crippen molar-refractivity contribution in [1.82, 2.24) is 20.9 Å². The van der Waals surface area contributed by atoms with Gasteiger partial charge in [0.15, 0.2) is 5.11 Å². The van der Waals surface area contributed by atoms with E-state index in [-0.39, 0.29) is 5.54 Å². The molecule has 23 heavy (non-hydrogen) atoms. The molecule has 0 saturated carbocycles. The highest BCUT2D eigenvalue weighted by molar-refractivity contribution is 7.80. The van der Waals surface area contributed by atoms with Gasteiger partial charge in [-0.05, 0) is 57.3 Å². The van der Waals surface area contributed by atoms with Crippen LogP contribution in [0.25, 0.3) is 11.3 Å². The van der Waals surface area contributed by atoms with Crippen LogP contribution in [0.1, 0.15) is 26.3 Å². The van der Waals surface area contributed by atoms with E-state index in [1.54, 1.807) is 19.5 Å². The van der Waals surface area contributed by atoms with Gasteiger partial charge in [0.1, 0.15) is 5.75 Å². The van der Waals surface area contributed by atoms with Crippen molar-refractivity contribution in [3.8, 4) is 17.0 Å². The van der Waals surface area contributed by atoms with Gasteiger partial charge in [-0.3, -0.25) is 10.5 Å². The first-order valence-corrected chi connectivity index (χ1v) is 7.59. The predicted molar refractivity (Wildman–Crippen MR) is 96.8 cm³/mol. The summed E-state index contributed by atoms with van der Waals surface area (Å²) in [6.45, 7) is 6.09. The standard InChI is InChI=1S/C16H21N5OS/c1-16(2,3)19-15(23)21-18-10-12-9-17-20-14(12)11-5-7-13(22-4)8-6-11/h5-10H,1-4H3,(H,17,20)(H2,19,21,23)/b18-10+. The summed E-state index contributed by atoms with van der Waals surface area (Å²) in [5.41, 5.74) is 5.44. The topological polar surface area (TPSA) is 74.3 Å². The number of aromatic nitrogens is 2. The number of nitrogens with one attached hydrogen (secondary N) is 3. The van der Waals surface area contributed by atoms with Gasteiger partial charge in [0.2, 0.25) is 0 Å². The minimum absolute atomic E-state index is 0.108. The Kier molecular flexibility index (Phi) is 5.33. The monoisotopic (exact) mass is 331 g/mol. The van der Waals surface area contributed by atoms with E-state index in [0.29, 0.717) is 5.11 Å². The Morgan fingerprint density at radius 2 is 2.00 bits per heavy atom. The van der Waals surface area contributed by atoms with Gasteiger partial charge in [-0.2, -0.15) is 10.2 Å². The lowest BCUT2D eigenvalue weighted by molar-refractivity contribution is 0.415. The quantitative estimate of drug-likeness (QED) is 0.456. The zero-order valence-corrected chi connectivity index (χ0v) is 14.5. The molecule has 1 aromatic carbocycles. The largest absolute Gasteiger partial charge is 0.497 e. The van der Waals surface area contributed by atoms with Crippen molar-refractivity contribution in [2.45, 2.75) is 26.3 Å². The zero-order valence-electron chi connectivity index (χ0n) is 13.7. The molecule has 122 valence electrons. The number of H-pyrrole nitrogens is 1. The number of rotatable bonds is 4. The minimum Gasteiger partial charge on any atom is -0.497 e. The van der Waals surface area contributed by atoms with Crippen LogP contribution in [0, 0.1) is 0 Å². The summed E-state index contributed by atoms with van der Waals surface area (Å²) in [7, 11) is 1.64. The lowest BCUT2D eigenvalue weighted by Gasteiger charge is -2.21. The van der Waals surface area contributed by atoms with Crippen LogP contribution in [0.4, 0.5) is 0 Å². The Morgan fingerprint density at radius 1 is 1.30 bits per heavy atom. The maximum Gasteiger partial charge on any atom is 0.187 e. The molecule has 0 saturated heterocycles. The van der Waals surface area contributed by atoms with Crippen molar-refractivity contribution in [2.24, 2.45) is 5.10 Å². The van der Waals surface area contributed by atoms with Gasteiger partial charge < -0.3 is 10.1 Å². The zero-order chi connectivity index (χ0) is 16.9. The second-order valence-corrected chi connectivity index (χ2v) is 6.41. The number of benzene rings is 1. The molecule has 6 nitrogen and oxygen atoms in total. The highest BCUT2D eigenvalue weighted by Crippen LogP contribution is 2.22. The summed E-state index contributed by atoms with van der Waals surface area (Å²) in [4.78, 5) is 0. The number of methoxy groups -OCH3 is 1. The highest BCUT2D eigenvalue weighted by atomic mass is 32.1. The van der Waals surface area contributed by atoms with E-state index in [1.165, 1.54) is 0 Å². The lowest BCUT2D eigenvalue weighted by atomic mass is 10.1. The number of hydrogen-bond acceptors (Lipinski definition) is 4. The summed E-state index contributed by atoms with van der Waals surface area (Å²) in [5.74, 6) is 0.809. The van der Waals surface area contributed by atoms with Crippen LogP contribution < -0.4 is 15.5 Å². The van der Waals surface area contributed by atoms with Crippen molar-refractivity contribution in [3.63, 3.8) is 0 Å². The van der Waals surface area contributed by atoms with E-state index in [2.05, 4.69) is 26.0 Å². The molecule has 0 atom stereocenters. The van der Waals surface area contributed by atoms with E-state index < -0.39 is 0 Å². The molecule has 2 rings (SSSR count). The fourth-order valence-corrected chi connectivity index (χ4v) is 2.27. The van der Waals surface area contributed by atoms with Gasteiger partial charge in [0.05, 0.1) is 25.2 Å². The van der Waals surface area contributed by atoms with Gasteiger partial charge in [-0.25, -0.2) is 0 Å². The molecule has 0 radical (unpaired) electrons. The lowest BCUT2D eigenvalue weighted by Crippen LogP contribution is -2.44. The molecule has 0 aliphatic heterocycles. The number of hydrazone groups is 1. The molecule has 0 aliphatic rings. The van der Waals surface area contributed by atoms with Crippen LogP contribution >= 0.6 is 12.2 Å². The summed E-state index contributed by atoms with van der Waals surface area (Å²) < 4.78 is 5.16. The van der Waals surface area contributed by atoms with Gasteiger partial charge in [0, 0.05) is 16.7 Å². The molecule has 0 spiro atoms.